The Morgan fingerprint density at radius 2 is 2.14 bits per heavy atom. The molecule has 3 atom stereocenters. The predicted octanol–water partition coefficient (Wildman–Crippen LogP) is 1.24. The van der Waals surface area contributed by atoms with Crippen LogP contribution < -0.4 is 0 Å². The molecule has 2 fully saturated rings. The van der Waals surface area contributed by atoms with E-state index in [2.05, 4.69) is 40.4 Å². The van der Waals surface area contributed by atoms with E-state index in [0.29, 0.717) is 12.1 Å². The molecule has 5 nitrogen and oxygen atoms in total. The van der Waals surface area contributed by atoms with Crippen molar-refractivity contribution in [2.75, 3.05) is 19.6 Å². The fourth-order valence-corrected chi connectivity index (χ4v) is 3.79. The van der Waals surface area contributed by atoms with Crippen LogP contribution in [0.2, 0.25) is 0 Å². The lowest BCUT2D eigenvalue weighted by Crippen LogP contribution is -2.54. The first kappa shape index (κ1) is 15.0. The highest BCUT2D eigenvalue weighted by Gasteiger charge is 2.38. The number of aryl methyl sites for hydroxylation is 1. The van der Waals surface area contributed by atoms with Crippen molar-refractivity contribution in [3.63, 3.8) is 0 Å². The zero-order valence-corrected chi connectivity index (χ0v) is 13.5. The molecule has 1 aromatic heterocycles. The summed E-state index contributed by atoms with van der Waals surface area (Å²) in [5, 5.41) is 14.4. The van der Waals surface area contributed by atoms with Crippen molar-refractivity contribution in [3.05, 3.63) is 17.5 Å². The van der Waals surface area contributed by atoms with Crippen LogP contribution in [0, 0.1) is 6.92 Å². The Morgan fingerprint density at radius 3 is 2.90 bits per heavy atom. The number of piperazine rings is 1. The van der Waals surface area contributed by atoms with E-state index in [9.17, 15) is 5.11 Å². The lowest BCUT2D eigenvalue weighted by molar-refractivity contribution is 0.0527. The summed E-state index contributed by atoms with van der Waals surface area (Å²) in [4.78, 5) is 5.01. The first-order chi connectivity index (χ1) is 10.1. The van der Waals surface area contributed by atoms with E-state index in [-0.39, 0.29) is 6.10 Å². The summed E-state index contributed by atoms with van der Waals surface area (Å²) < 4.78 is 2.12. The summed E-state index contributed by atoms with van der Waals surface area (Å²) in [5.41, 5.74) is 2.65. The molecule has 0 aromatic carbocycles. The van der Waals surface area contributed by atoms with E-state index >= 15 is 0 Å². The highest BCUT2D eigenvalue weighted by Crippen LogP contribution is 2.26. The van der Waals surface area contributed by atoms with E-state index in [1.807, 2.05) is 6.20 Å². The largest absolute Gasteiger partial charge is 0.392 e. The lowest BCUT2D eigenvalue weighted by atomic mass is 10.1. The average Bonchev–Trinajstić information content (AvgIpc) is 2.95. The zero-order chi connectivity index (χ0) is 15.0. The van der Waals surface area contributed by atoms with Crippen molar-refractivity contribution in [2.24, 2.45) is 0 Å². The summed E-state index contributed by atoms with van der Waals surface area (Å²) >= 11 is 0. The molecular formula is C16H28N4O. The highest BCUT2D eigenvalue weighted by molar-refractivity contribution is 5.16. The summed E-state index contributed by atoms with van der Waals surface area (Å²) in [6.07, 6.45) is 3.96. The van der Waals surface area contributed by atoms with Crippen molar-refractivity contribution in [2.45, 2.75) is 64.9 Å². The topological polar surface area (TPSA) is 44.5 Å². The number of aliphatic hydroxyl groups is 1. The third kappa shape index (κ3) is 3.00. The minimum absolute atomic E-state index is 0.129. The second-order valence-corrected chi connectivity index (χ2v) is 6.75. The molecule has 0 spiro atoms. The summed E-state index contributed by atoms with van der Waals surface area (Å²) in [6, 6.07) is 1.07. The van der Waals surface area contributed by atoms with Gasteiger partial charge in [-0.15, -0.1) is 0 Å². The van der Waals surface area contributed by atoms with Crippen LogP contribution in [0.25, 0.3) is 0 Å². The van der Waals surface area contributed by atoms with Crippen molar-refractivity contribution in [1.82, 2.24) is 19.6 Å². The average molecular weight is 292 g/mol. The van der Waals surface area contributed by atoms with Gasteiger partial charge in [0.15, 0.2) is 0 Å². The Hall–Kier alpha value is -0.910. The molecule has 2 aliphatic rings. The monoisotopic (exact) mass is 292 g/mol. The lowest BCUT2D eigenvalue weighted by Gasteiger charge is -2.42. The van der Waals surface area contributed by atoms with Crippen LogP contribution in [0.1, 0.15) is 37.9 Å². The van der Waals surface area contributed by atoms with Gasteiger partial charge in [-0.3, -0.25) is 14.5 Å². The quantitative estimate of drug-likeness (QED) is 0.907. The normalized spacial score (nSPS) is 30.8. The SMILES string of the molecule is CCCn1ncc(CN2CC3C[C@@H](O)CN3C[C@H]2C)c1C. The summed E-state index contributed by atoms with van der Waals surface area (Å²) in [5.74, 6) is 0. The molecule has 2 saturated heterocycles. The first-order valence-corrected chi connectivity index (χ1v) is 8.26. The maximum Gasteiger partial charge on any atom is 0.0682 e. The number of hydrogen-bond acceptors (Lipinski definition) is 4. The highest BCUT2D eigenvalue weighted by atomic mass is 16.3. The van der Waals surface area contributed by atoms with Gasteiger partial charge < -0.3 is 5.11 Å². The molecule has 3 heterocycles. The van der Waals surface area contributed by atoms with Crippen LogP contribution in [0.15, 0.2) is 6.20 Å². The van der Waals surface area contributed by atoms with Crippen molar-refractivity contribution in [3.8, 4) is 0 Å². The molecule has 1 aromatic rings. The van der Waals surface area contributed by atoms with Gasteiger partial charge in [0.1, 0.15) is 0 Å². The van der Waals surface area contributed by atoms with E-state index in [1.54, 1.807) is 0 Å². The van der Waals surface area contributed by atoms with Gasteiger partial charge in [0.2, 0.25) is 0 Å². The van der Waals surface area contributed by atoms with Gasteiger partial charge in [-0.2, -0.15) is 5.10 Å². The fraction of sp³-hybridized carbons (Fsp3) is 0.812. The van der Waals surface area contributed by atoms with Crippen LogP contribution in [0.5, 0.6) is 0 Å². The van der Waals surface area contributed by atoms with Crippen LogP contribution in [-0.4, -0.2) is 62.5 Å². The third-order valence-electron chi connectivity index (χ3n) is 5.09. The Bertz CT molecular complexity index is 487. The Kier molecular flexibility index (Phi) is 4.33. The molecule has 0 radical (unpaired) electrons. The molecule has 1 N–H and O–H groups in total. The maximum absolute atomic E-state index is 9.86. The fourth-order valence-electron chi connectivity index (χ4n) is 3.79. The molecule has 21 heavy (non-hydrogen) atoms. The molecule has 0 amide bonds. The maximum atomic E-state index is 9.86. The predicted molar refractivity (Wildman–Crippen MR) is 83.1 cm³/mol. The van der Waals surface area contributed by atoms with Gasteiger partial charge in [-0.1, -0.05) is 6.92 Å². The molecule has 0 saturated carbocycles. The van der Waals surface area contributed by atoms with Crippen LogP contribution in [0.4, 0.5) is 0 Å². The standard InChI is InChI=1S/C16H28N4O/c1-4-5-20-13(3)14(7-17-20)9-18-10-15-6-16(21)11-19(15)8-12(18)2/h7,12,15-16,21H,4-6,8-11H2,1-3H3/t12-,15?,16-/m1/s1. The Labute approximate surface area is 127 Å². The first-order valence-electron chi connectivity index (χ1n) is 8.26. The molecule has 0 aliphatic carbocycles. The molecule has 0 bridgehead atoms. The van der Waals surface area contributed by atoms with E-state index in [0.717, 1.165) is 45.6 Å². The number of aliphatic hydroxyl groups excluding tert-OH is 1. The second kappa shape index (κ2) is 6.07. The van der Waals surface area contributed by atoms with Gasteiger partial charge in [-0.25, -0.2) is 0 Å². The molecule has 118 valence electrons. The molecule has 3 rings (SSSR count). The van der Waals surface area contributed by atoms with Crippen LogP contribution in [0.3, 0.4) is 0 Å². The van der Waals surface area contributed by atoms with Gasteiger partial charge in [-0.05, 0) is 26.7 Å². The zero-order valence-electron chi connectivity index (χ0n) is 13.5. The van der Waals surface area contributed by atoms with Crippen molar-refractivity contribution in [1.29, 1.82) is 0 Å². The minimum Gasteiger partial charge on any atom is -0.392 e. The van der Waals surface area contributed by atoms with Crippen molar-refractivity contribution < 1.29 is 5.11 Å². The smallest absolute Gasteiger partial charge is 0.0682 e. The van der Waals surface area contributed by atoms with E-state index in [4.69, 9.17) is 0 Å². The number of fused-ring (bicyclic) bond motifs is 1. The van der Waals surface area contributed by atoms with Gasteiger partial charge >= 0.3 is 0 Å². The van der Waals surface area contributed by atoms with Gasteiger partial charge in [0.05, 0.1) is 12.3 Å². The number of aromatic nitrogens is 2. The summed E-state index contributed by atoms with van der Waals surface area (Å²) in [6.45, 7) is 11.6. The van der Waals surface area contributed by atoms with Crippen molar-refractivity contribution >= 4 is 0 Å². The molecule has 1 unspecified atom stereocenters. The number of rotatable bonds is 4. The second-order valence-electron chi connectivity index (χ2n) is 6.75. The van der Waals surface area contributed by atoms with E-state index < -0.39 is 0 Å². The number of hydrogen-bond donors (Lipinski definition) is 1. The van der Waals surface area contributed by atoms with Gasteiger partial charge in [0, 0.05) is 56.1 Å². The summed E-state index contributed by atoms with van der Waals surface area (Å²) in [7, 11) is 0. The molecular weight excluding hydrogens is 264 g/mol. The molecule has 2 aliphatic heterocycles. The molecule has 5 heteroatoms. The third-order valence-corrected chi connectivity index (χ3v) is 5.09. The Morgan fingerprint density at radius 1 is 1.33 bits per heavy atom. The van der Waals surface area contributed by atoms with Crippen LogP contribution >= 0.6 is 0 Å². The van der Waals surface area contributed by atoms with Gasteiger partial charge in [0.25, 0.3) is 0 Å². The minimum atomic E-state index is -0.129. The van der Waals surface area contributed by atoms with E-state index in [1.165, 1.54) is 11.3 Å². The number of nitrogens with zero attached hydrogens (tertiary/aromatic N) is 4. The van der Waals surface area contributed by atoms with Crippen LogP contribution in [-0.2, 0) is 13.1 Å². The Balaban J connectivity index is 1.67.